The summed E-state index contributed by atoms with van der Waals surface area (Å²) in [6.07, 6.45) is 8.27. The number of carbonyl (C=O) groups excluding carboxylic acids is 1. The van der Waals surface area contributed by atoms with Crippen molar-refractivity contribution in [2.24, 2.45) is 5.41 Å². The summed E-state index contributed by atoms with van der Waals surface area (Å²) >= 11 is 0. The van der Waals surface area contributed by atoms with Crippen LogP contribution in [0.25, 0.3) is 0 Å². The van der Waals surface area contributed by atoms with Crippen molar-refractivity contribution in [3.63, 3.8) is 0 Å². The van der Waals surface area contributed by atoms with Crippen molar-refractivity contribution in [1.29, 1.82) is 0 Å². The predicted molar refractivity (Wildman–Crippen MR) is 64.0 cm³/mol. The molecule has 90 valence electrons. The van der Waals surface area contributed by atoms with Crippen molar-refractivity contribution in [2.45, 2.75) is 33.6 Å². The van der Waals surface area contributed by atoms with Crippen LogP contribution in [0, 0.1) is 17.8 Å². The number of terminal acetylenes is 1. The van der Waals surface area contributed by atoms with Crippen LogP contribution in [-0.4, -0.2) is 19.9 Å². The van der Waals surface area contributed by atoms with Gasteiger partial charge in [-0.25, -0.2) is 4.79 Å². The van der Waals surface area contributed by atoms with Crippen molar-refractivity contribution in [3.05, 3.63) is 11.6 Å². The summed E-state index contributed by atoms with van der Waals surface area (Å²) in [6, 6.07) is 0. The number of rotatable bonds is 5. The zero-order chi connectivity index (χ0) is 12.6. The summed E-state index contributed by atoms with van der Waals surface area (Å²) in [5, 5.41) is 0. The highest BCUT2D eigenvalue weighted by atomic mass is 16.7. The van der Waals surface area contributed by atoms with E-state index in [9.17, 15) is 4.79 Å². The van der Waals surface area contributed by atoms with Crippen LogP contribution >= 0.6 is 0 Å². The van der Waals surface area contributed by atoms with Crippen LogP contribution in [0.4, 0.5) is 4.79 Å². The molecule has 0 aliphatic carbocycles. The molecule has 0 saturated carbocycles. The Morgan fingerprint density at radius 1 is 1.50 bits per heavy atom. The lowest BCUT2D eigenvalue weighted by Crippen LogP contribution is -2.10. The summed E-state index contributed by atoms with van der Waals surface area (Å²) in [5.74, 6) is 2.66. The zero-order valence-corrected chi connectivity index (χ0v) is 10.5. The molecule has 0 atom stereocenters. The van der Waals surface area contributed by atoms with Crippen LogP contribution in [0.5, 0.6) is 0 Å². The van der Waals surface area contributed by atoms with Crippen molar-refractivity contribution < 1.29 is 14.3 Å². The standard InChI is InChI=1S/C13H20O3/c1-6-8-13(3,4)9-7-11(2)10-16-12(14)15-5/h1,7H,8-10H2,2-5H3/b11-7+. The molecule has 3 heteroatoms. The van der Waals surface area contributed by atoms with Gasteiger partial charge in [-0.2, -0.15) is 0 Å². The van der Waals surface area contributed by atoms with E-state index in [1.165, 1.54) is 7.11 Å². The fourth-order valence-electron chi connectivity index (χ4n) is 1.09. The van der Waals surface area contributed by atoms with Crippen molar-refractivity contribution >= 4 is 6.16 Å². The molecule has 0 heterocycles. The van der Waals surface area contributed by atoms with E-state index in [1.807, 2.05) is 13.0 Å². The second-order valence-corrected chi connectivity index (χ2v) is 4.54. The van der Waals surface area contributed by atoms with E-state index in [1.54, 1.807) is 0 Å². The predicted octanol–water partition coefficient (Wildman–Crippen LogP) is 3.16. The van der Waals surface area contributed by atoms with Gasteiger partial charge in [-0.3, -0.25) is 0 Å². The molecular weight excluding hydrogens is 204 g/mol. The molecule has 16 heavy (non-hydrogen) atoms. The molecule has 0 aromatic carbocycles. The second kappa shape index (κ2) is 6.95. The van der Waals surface area contributed by atoms with Gasteiger partial charge in [0.1, 0.15) is 6.61 Å². The molecular formula is C13H20O3. The second-order valence-electron chi connectivity index (χ2n) is 4.54. The third-order valence-corrected chi connectivity index (χ3v) is 2.17. The van der Waals surface area contributed by atoms with Crippen LogP contribution in [0.1, 0.15) is 33.6 Å². The van der Waals surface area contributed by atoms with Gasteiger partial charge in [-0.05, 0) is 24.3 Å². The lowest BCUT2D eigenvalue weighted by Gasteiger charge is -2.19. The Bertz CT molecular complexity index is 295. The molecule has 0 aliphatic rings. The highest BCUT2D eigenvalue weighted by Gasteiger charge is 2.14. The minimum atomic E-state index is -0.657. The quantitative estimate of drug-likeness (QED) is 0.409. The fraction of sp³-hybridized carbons (Fsp3) is 0.615. The zero-order valence-electron chi connectivity index (χ0n) is 10.5. The van der Waals surface area contributed by atoms with Crippen LogP contribution in [-0.2, 0) is 9.47 Å². The van der Waals surface area contributed by atoms with E-state index < -0.39 is 6.16 Å². The maximum atomic E-state index is 10.7. The minimum Gasteiger partial charge on any atom is -0.438 e. The largest absolute Gasteiger partial charge is 0.508 e. The van der Waals surface area contributed by atoms with Gasteiger partial charge in [0.05, 0.1) is 7.11 Å². The Morgan fingerprint density at radius 2 is 2.12 bits per heavy atom. The molecule has 0 aromatic rings. The lowest BCUT2D eigenvalue weighted by atomic mass is 9.85. The first-order chi connectivity index (χ1) is 7.41. The Balaban J connectivity index is 4.05. The number of methoxy groups -OCH3 is 1. The molecule has 0 N–H and O–H groups in total. The third-order valence-electron chi connectivity index (χ3n) is 2.17. The average molecular weight is 224 g/mol. The van der Waals surface area contributed by atoms with E-state index >= 15 is 0 Å². The van der Waals surface area contributed by atoms with E-state index in [2.05, 4.69) is 24.5 Å². The van der Waals surface area contributed by atoms with Crippen LogP contribution in [0.15, 0.2) is 11.6 Å². The first-order valence-corrected chi connectivity index (χ1v) is 5.21. The molecule has 0 saturated heterocycles. The Hall–Kier alpha value is -1.43. The smallest absolute Gasteiger partial charge is 0.438 e. The summed E-state index contributed by atoms with van der Waals surface area (Å²) < 4.78 is 9.18. The number of allylic oxidation sites excluding steroid dienone is 1. The number of hydrogen-bond acceptors (Lipinski definition) is 3. The number of hydrogen-bond donors (Lipinski definition) is 0. The molecule has 0 bridgehead atoms. The first kappa shape index (κ1) is 14.6. The summed E-state index contributed by atoms with van der Waals surface area (Å²) in [4.78, 5) is 10.7. The van der Waals surface area contributed by atoms with Crippen molar-refractivity contribution in [1.82, 2.24) is 0 Å². The topological polar surface area (TPSA) is 35.5 Å². The molecule has 0 rings (SSSR count). The number of ether oxygens (including phenoxy) is 2. The van der Waals surface area contributed by atoms with Crippen molar-refractivity contribution in [2.75, 3.05) is 13.7 Å². The summed E-state index contributed by atoms with van der Waals surface area (Å²) in [7, 11) is 1.29. The molecule has 0 amide bonds. The van der Waals surface area contributed by atoms with Gasteiger partial charge in [0.25, 0.3) is 0 Å². The number of carbonyl (C=O) groups is 1. The maximum absolute atomic E-state index is 10.7. The fourth-order valence-corrected chi connectivity index (χ4v) is 1.09. The van der Waals surface area contributed by atoms with Gasteiger partial charge in [0, 0.05) is 6.42 Å². The van der Waals surface area contributed by atoms with Crippen LogP contribution in [0.2, 0.25) is 0 Å². The van der Waals surface area contributed by atoms with Gasteiger partial charge >= 0.3 is 6.16 Å². The van der Waals surface area contributed by atoms with Crippen LogP contribution < -0.4 is 0 Å². The Morgan fingerprint density at radius 3 is 2.62 bits per heavy atom. The molecule has 0 unspecified atom stereocenters. The van der Waals surface area contributed by atoms with Crippen LogP contribution in [0.3, 0.4) is 0 Å². The molecule has 0 spiro atoms. The molecule has 0 aromatic heterocycles. The average Bonchev–Trinajstić information content (AvgIpc) is 2.23. The molecule has 3 nitrogen and oxygen atoms in total. The first-order valence-electron chi connectivity index (χ1n) is 5.21. The monoisotopic (exact) mass is 224 g/mol. The van der Waals surface area contributed by atoms with E-state index in [4.69, 9.17) is 11.2 Å². The van der Waals surface area contributed by atoms with Gasteiger partial charge < -0.3 is 9.47 Å². The maximum Gasteiger partial charge on any atom is 0.508 e. The summed E-state index contributed by atoms with van der Waals surface area (Å²) in [6.45, 7) is 6.39. The molecule has 0 fully saturated rings. The lowest BCUT2D eigenvalue weighted by molar-refractivity contribution is 0.0798. The van der Waals surface area contributed by atoms with E-state index in [0.717, 1.165) is 18.4 Å². The van der Waals surface area contributed by atoms with Gasteiger partial charge in [0.15, 0.2) is 0 Å². The minimum absolute atomic E-state index is 0.0846. The van der Waals surface area contributed by atoms with Gasteiger partial charge in [-0.1, -0.05) is 19.9 Å². The highest BCUT2D eigenvalue weighted by Crippen LogP contribution is 2.25. The van der Waals surface area contributed by atoms with E-state index in [0.29, 0.717) is 0 Å². The van der Waals surface area contributed by atoms with E-state index in [-0.39, 0.29) is 12.0 Å². The third kappa shape index (κ3) is 6.94. The normalized spacial score (nSPS) is 11.8. The molecule has 0 radical (unpaired) electrons. The highest BCUT2D eigenvalue weighted by molar-refractivity contribution is 5.59. The molecule has 0 aliphatic heterocycles. The van der Waals surface area contributed by atoms with Gasteiger partial charge in [0.2, 0.25) is 0 Å². The SMILES string of the molecule is C#CCC(C)(C)C/C=C(\C)COC(=O)OC. The van der Waals surface area contributed by atoms with Gasteiger partial charge in [-0.15, -0.1) is 12.3 Å². The Kier molecular flexibility index (Phi) is 6.32. The van der Waals surface area contributed by atoms with Crippen molar-refractivity contribution in [3.8, 4) is 12.3 Å². The Labute approximate surface area is 97.8 Å². The summed E-state index contributed by atoms with van der Waals surface area (Å²) in [5.41, 5.74) is 1.08.